The summed E-state index contributed by atoms with van der Waals surface area (Å²) in [7, 11) is 4.26. The summed E-state index contributed by atoms with van der Waals surface area (Å²) >= 11 is 1.77. The molecular weight excluding hydrogens is 294 g/mol. The molecule has 1 aromatic heterocycles. The summed E-state index contributed by atoms with van der Waals surface area (Å²) in [6.07, 6.45) is 3.53. The molecule has 1 aromatic rings. The predicted molar refractivity (Wildman–Crippen MR) is 91.2 cm³/mol. The predicted octanol–water partition coefficient (Wildman–Crippen LogP) is 2.18. The van der Waals surface area contributed by atoms with Crippen LogP contribution in [-0.2, 0) is 11.3 Å². The molecule has 5 heteroatoms. The van der Waals surface area contributed by atoms with Crippen molar-refractivity contribution >= 4 is 17.2 Å². The minimum atomic E-state index is 0.315. The fourth-order valence-electron chi connectivity index (χ4n) is 3.19. The third-order valence-corrected chi connectivity index (χ3v) is 5.93. The molecule has 122 valence electrons. The second kappa shape index (κ2) is 6.69. The van der Waals surface area contributed by atoms with Gasteiger partial charge in [-0.25, -0.2) is 0 Å². The Kier molecular flexibility index (Phi) is 4.85. The zero-order valence-corrected chi connectivity index (χ0v) is 14.7. The third-order valence-electron chi connectivity index (χ3n) is 4.93. The average molecular weight is 321 g/mol. The highest BCUT2D eigenvalue weighted by molar-refractivity contribution is 7.10. The van der Waals surface area contributed by atoms with E-state index in [1.54, 1.807) is 11.3 Å². The molecule has 0 bridgehead atoms. The zero-order valence-electron chi connectivity index (χ0n) is 13.9. The van der Waals surface area contributed by atoms with Crippen LogP contribution in [0.3, 0.4) is 0 Å². The van der Waals surface area contributed by atoms with Gasteiger partial charge in [-0.1, -0.05) is 0 Å². The molecule has 1 aliphatic carbocycles. The molecule has 1 aliphatic heterocycles. The fraction of sp³-hybridized carbons (Fsp3) is 0.706. The van der Waals surface area contributed by atoms with E-state index in [1.165, 1.54) is 29.7 Å². The maximum Gasteiger partial charge on any atom is 0.237 e. The van der Waals surface area contributed by atoms with Crippen LogP contribution in [0.2, 0.25) is 0 Å². The molecule has 1 saturated heterocycles. The standard InChI is InChI=1S/C17H27N3OS/c1-13-7-9-22-16(13)11-20(14-4-5-14)17(21)12-19-8-6-15(10-19)18(2)3/h7,9,14-15H,4-6,8,10-12H2,1-3H3/t15-/m1/s1. The molecule has 0 spiro atoms. The van der Waals surface area contributed by atoms with Gasteiger partial charge in [0.05, 0.1) is 13.1 Å². The van der Waals surface area contributed by atoms with Gasteiger partial charge in [-0.05, 0) is 57.3 Å². The second-order valence-electron chi connectivity index (χ2n) is 6.92. The highest BCUT2D eigenvalue weighted by Crippen LogP contribution is 2.30. The summed E-state index contributed by atoms with van der Waals surface area (Å²) in [6, 6.07) is 3.24. The van der Waals surface area contributed by atoms with Crippen LogP contribution in [0.5, 0.6) is 0 Å². The quantitative estimate of drug-likeness (QED) is 0.803. The van der Waals surface area contributed by atoms with Gasteiger partial charge in [0.1, 0.15) is 0 Å². The molecule has 0 unspecified atom stereocenters. The first kappa shape index (κ1) is 16.0. The van der Waals surface area contributed by atoms with Crippen molar-refractivity contribution in [2.24, 2.45) is 0 Å². The van der Waals surface area contributed by atoms with Gasteiger partial charge in [-0.3, -0.25) is 9.69 Å². The SMILES string of the molecule is Cc1ccsc1CN(C(=O)CN1CC[C@@H](N(C)C)C1)C1CC1. The normalized spacial score (nSPS) is 22.5. The zero-order chi connectivity index (χ0) is 15.7. The van der Waals surface area contributed by atoms with Gasteiger partial charge in [0.15, 0.2) is 0 Å². The van der Waals surface area contributed by atoms with Gasteiger partial charge in [0.25, 0.3) is 0 Å². The van der Waals surface area contributed by atoms with Gasteiger partial charge in [0, 0.05) is 30.1 Å². The van der Waals surface area contributed by atoms with E-state index in [0.717, 1.165) is 19.6 Å². The number of carbonyl (C=O) groups excluding carboxylic acids is 1. The number of hydrogen-bond donors (Lipinski definition) is 0. The number of thiophene rings is 1. The maximum atomic E-state index is 12.8. The molecular formula is C17H27N3OS. The molecule has 2 aliphatic rings. The van der Waals surface area contributed by atoms with Crippen molar-refractivity contribution in [2.75, 3.05) is 33.7 Å². The summed E-state index contributed by atoms with van der Waals surface area (Å²) in [5, 5.41) is 2.13. The number of amides is 1. The largest absolute Gasteiger partial charge is 0.333 e. The Hall–Kier alpha value is -0.910. The van der Waals surface area contributed by atoms with Crippen LogP contribution in [0.25, 0.3) is 0 Å². The third kappa shape index (κ3) is 3.70. The first-order valence-electron chi connectivity index (χ1n) is 8.26. The van der Waals surface area contributed by atoms with Gasteiger partial charge in [-0.15, -0.1) is 11.3 Å². The minimum absolute atomic E-state index is 0.315. The van der Waals surface area contributed by atoms with Crippen LogP contribution in [0.15, 0.2) is 11.4 Å². The van der Waals surface area contributed by atoms with Crippen LogP contribution in [0, 0.1) is 6.92 Å². The Balaban J connectivity index is 1.58. The molecule has 3 rings (SSSR count). The van der Waals surface area contributed by atoms with E-state index in [0.29, 0.717) is 24.5 Å². The van der Waals surface area contributed by atoms with E-state index in [9.17, 15) is 4.79 Å². The van der Waals surface area contributed by atoms with E-state index in [2.05, 4.69) is 47.2 Å². The van der Waals surface area contributed by atoms with E-state index in [4.69, 9.17) is 0 Å². The molecule has 2 heterocycles. The highest BCUT2D eigenvalue weighted by Gasteiger charge is 2.34. The summed E-state index contributed by atoms with van der Waals surface area (Å²) in [5.41, 5.74) is 1.32. The first-order chi connectivity index (χ1) is 10.5. The highest BCUT2D eigenvalue weighted by atomic mass is 32.1. The number of nitrogens with zero attached hydrogens (tertiary/aromatic N) is 3. The first-order valence-corrected chi connectivity index (χ1v) is 9.14. The Morgan fingerprint density at radius 3 is 2.64 bits per heavy atom. The smallest absolute Gasteiger partial charge is 0.237 e. The lowest BCUT2D eigenvalue weighted by Crippen LogP contribution is -2.41. The Morgan fingerprint density at radius 2 is 2.09 bits per heavy atom. The van der Waals surface area contributed by atoms with Crippen LogP contribution in [0.4, 0.5) is 0 Å². The molecule has 1 saturated carbocycles. The second-order valence-corrected chi connectivity index (χ2v) is 7.92. The molecule has 2 fully saturated rings. The van der Waals surface area contributed by atoms with Gasteiger partial charge in [0.2, 0.25) is 5.91 Å². The number of aryl methyl sites for hydroxylation is 1. The molecule has 4 nitrogen and oxygen atoms in total. The Morgan fingerprint density at radius 1 is 1.32 bits per heavy atom. The van der Waals surface area contributed by atoms with Crippen molar-refractivity contribution in [3.8, 4) is 0 Å². The molecule has 1 atom stereocenters. The average Bonchev–Trinajstić information content (AvgIpc) is 3.06. The van der Waals surface area contributed by atoms with Crippen LogP contribution in [-0.4, -0.2) is 66.4 Å². The van der Waals surface area contributed by atoms with Crippen molar-refractivity contribution in [1.29, 1.82) is 0 Å². The lowest BCUT2D eigenvalue weighted by molar-refractivity contribution is -0.133. The summed E-state index contributed by atoms with van der Waals surface area (Å²) < 4.78 is 0. The van der Waals surface area contributed by atoms with Gasteiger partial charge in [-0.2, -0.15) is 0 Å². The summed E-state index contributed by atoms with van der Waals surface area (Å²) in [5.74, 6) is 0.315. The number of carbonyl (C=O) groups is 1. The Bertz CT molecular complexity index is 524. The van der Waals surface area contributed by atoms with E-state index < -0.39 is 0 Å². The van der Waals surface area contributed by atoms with Crippen molar-refractivity contribution < 1.29 is 4.79 Å². The number of rotatable bonds is 6. The monoisotopic (exact) mass is 321 g/mol. The summed E-state index contributed by atoms with van der Waals surface area (Å²) in [4.78, 5) is 20.8. The van der Waals surface area contributed by atoms with Crippen LogP contribution < -0.4 is 0 Å². The molecule has 0 radical (unpaired) electrons. The number of hydrogen-bond acceptors (Lipinski definition) is 4. The number of likely N-dealkylation sites (N-methyl/N-ethyl adjacent to an activating group) is 1. The molecule has 22 heavy (non-hydrogen) atoms. The van der Waals surface area contributed by atoms with Gasteiger partial charge >= 0.3 is 0 Å². The van der Waals surface area contributed by atoms with Crippen LogP contribution in [0.1, 0.15) is 29.7 Å². The fourth-order valence-corrected chi connectivity index (χ4v) is 4.09. The minimum Gasteiger partial charge on any atom is -0.333 e. The molecule has 0 aromatic carbocycles. The van der Waals surface area contributed by atoms with Crippen molar-refractivity contribution in [3.05, 3.63) is 21.9 Å². The maximum absolute atomic E-state index is 12.8. The lowest BCUT2D eigenvalue weighted by Gasteiger charge is -2.26. The summed E-state index contributed by atoms with van der Waals surface area (Å²) in [6.45, 7) is 5.60. The van der Waals surface area contributed by atoms with E-state index in [1.807, 2.05) is 0 Å². The lowest BCUT2D eigenvalue weighted by atomic mass is 10.2. The van der Waals surface area contributed by atoms with Crippen molar-refractivity contribution in [1.82, 2.24) is 14.7 Å². The topological polar surface area (TPSA) is 26.8 Å². The Labute approximate surface area is 137 Å². The van der Waals surface area contributed by atoms with E-state index in [-0.39, 0.29) is 0 Å². The number of likely N-dealkylation sites (tertiary alicyclic amines) is 1. The van der Waals surface area contributed by atoms with Crippen molar-refractivity contribution in [2.45, 2.75) is 44.8 Å². The molecule has 0 N–H and O–H groups in total. The molecule has 1 amide bonds. The van der Waals surface area contributed by atoms with E-state index >= 15 is 0 Å². The van der Waals surface area contributed by atoms with Crippen molar-refractivity contribution in [3.63, 3.8) is 0 Å². The van der Waals surface area contributed by atoms with Gasteiger partial charge < -0.3 is 9.80 Å². The van der Waals surface area contributed by atoms with Crippen LogP contribution >= 0.6 is 11.3 Å².